The third-order valence-electron chi connectivity index (χ3n) is 4.55. The van der Waals surface area contributed by atoms with Crippen LogP contribution in [-0.2, 0) is 0 Å². The number of hydrogen-bond acceptors (Lipinski definition) is 4. The quantitative estimate of drug-likeness (QED) is 0.445. The van der Waals surface area contributed by atoms with E-state index in [2.05, 4.69) is 57.5 Å². The molecule has 3 rings (SSSR count). The van der Waals surface area contributed by atoms with E-state index in [9.17, 15) is 10.1 Å². The summed E-state index contributed by atoms with van der Waals surface area (Å²) >= 11 is 0. The topological polar surface area (TPSA) is 72.5 Å². The van der Waals surface area contributed by atoms with Crippen LogP contribution in [0.15, 0.2) is 42.6 Å². The van der Waals surface area contributed by atoms with E-state index in [1.807, 2.05) is 12.1 Å². The minimum absolute atomic E-state index is 0.0749. The fourth-order valence-corrected chi connectivity index (χ4v) is 3.90. The molecular weight excluding hydrogens is 352 g/mol. The second-order valence-corrected chi connectivity index (χ2v) is 9.29. The third-order valence-corrected chi connectivity index (χ3v) is 4.55. The number of nitrogens with one attached hydrogen (secondary N) is 1. The number of imidazole rings is 1. The number of anilines is 1. The SMILES string of the molecule is Cc1ccc2nc(-c3ccc([N+](=O)[O-])cc3)c(NC(C)(C)CC(C)(C)C)n2c1. The number of aryl methyl sites for hydroxylation is 1. The third kappa shape index (κ3) is 4.32. The number of nitro benzene ring substituents is 1. The molecule has 0 amide bonds. The van der Waals surface area contributed by atoms with Gasteiger partial charge in [0.2, 0.25) is 0 Å². The first-order valence-electron chi connectivity index (χ1n) is 9.47. The number of aromatic nitrogens is 2. The zero-order chi connectivity index (χ0) is 20.7. The van der Waals surface area contributed by atoms with Crippen LogP contribution in [0.2, 0.25) is 0 Å². The lowest BCUT2D eigenvalue weighted by atomic mass is 9.82. The maximum Gasteiger partial charge on any atom is 0.269 e. The summed E-state index contributed by atoms with van der Waals surface area (Å²) in [5, 5.41) is 14.7. The van der Waals surface area contributed by atoms with Crippen molar-refractivity contribution < 1.29 is 4.92 Å². The summed E-state index contributed by atoms with van der Waals surface area (Å²) in [6.07, 6.45) is 3.03. The number of non-ortho nitro benzene ring substituents is 1. The number of nitrogens with zero attached hydrogens (tertiary/aromatic N) is 3. The molecule has 0 unspecified atom stereocenters. The van der Waals surface area contributed by atoms with Crippen LogP contribution in [0.1, 0.15) is 46.6 Å². The largest absolute Gasteiger partial charge is 0.364 e. The van der Waals surface area contributed by atoms with Crippen LogP contribution >= 0.6 is 0 Å². The smallest absolute Gasteiger partial charge is 0.269 e. The van der Waals surface area contributed by atoms with Crippen LogP contribution in [0.3, 0.4) is 0 Å². The number of pyridine rings is 1. The molecule has 1 aromatic carbocycles. The molecule has 0 bridgehead atoms. The predicted molar refractivity (Wildman–Crippen MR) is 114 cm³/mol. The van der Waals surface area contributed by atoms with E-state index < -0.39 is 0 Å². The lowest BCUT2D eigenvalue weighted by Crippen LogP contribution is -2.36. The summed E-state index contributed by atoms with van der Waals surface area (Å²) in [5.74, 6) is 0.904. The van der Waals surface area contributed by atoms with E-state index in [0.29, 0.717) is 0 Å². The van der Waals surface area contributed by atoms with E-state index in [4.69, 9.17) is 4.98 Å². The van der Waals surface area contributed by atoms with Crippen LogP contribution in [0, 0.1) is 22.5 Å². The molecule has 28 heavy (non-hydrogen) atoms. The van der Waals surface area contributed by atoms with Crippen molar-refractivity contribution in [1.29, 1.82) is 0 Å². The Morgan fingerprint density at radius 1 is 1.07 bits per heavy atom. The van der Waals surface area contributed by atoms with Gasteiger partial charge in [0.25, 0.3) is 5.69 Å². The van der Waals surface area contributed by atoms with E-state index >= 15 is 0 Å². The molecule has 148 valence electrons. The molecule has 0 aliphatic carbocycles. The van der Waals surface area contributed by atoms with Gasteiger partial charge in [-0.1, -0.05) is 26.8 Å². The van der Waals surface area contributed by atoms with Crippen LogP contribution in [0.4, 0.5) is 11.5 Å². The monoisotopic (exact) mass is 380 g/mol. The van der Waals surface area contributed by atoms with Gasteiger partial charge in [-0.05, 0) is 56.4 Å². The average Bonchev–Trinajstić information content (AvgIpc) is 2.90. The van der Waals surface area contributed by atoms with Gasteiger partial charge in [0.05, 0.1) is 4.92 Å². The van der Waals surface area contributed by atoms with Crippen molar-refractivity contribution in [1.82, 2.24) is 9.38 Å². The van der Waals surface area contributed by atoms with Gasteiger partial charge in [0.15, 0.2) is 0 Å². The number of benzene rings is 1. The van der Waals surface area contributed by atoms with Crippen LogP contribution < -0.4 is 5.32 Å². The fourth-order valence-electron chi connectivity index (χ4n) is 3.90. The molecule has 0 fully saturated rings. The van der Waals surface area contributed by atoms with Gasteiger partial charge in [-0.25, -0.2) is 4.98 Å². The van der Waals surface area contributed by atoms with Crippen LogP contribution in [-0.4, -0.2) is 19.8 Å². The second kappa shape index (κ2) is 6.93. The Bertz CT molecular complexity index is 1010. The summed E-state index contributed by atoms with van der Waals surface area (Å²) in [4.78, 5) is 15.4. The minimum Gasteiger partial charge on any atom is -0.364 e. The highest BCUT2D eigenvalue weighted by Crippen LogP contribution is 2.35. The minimum atomic E-state index is -0.386. The van der Waals surface area contributed by atoms with E-state index in [-0.39, 0.29) is 21.6 Å². The van der Waals surface area contributed by atoms with Gasteiger partial charge in [-0.2, -0.15) is 0 Å². The lowest BCUT2D eigenvalue weighted by Gasteiger charge is -2.34. The summed E-state index contributed by atoms with van der Waals surface area (Å²) in [6.45, 7) is 13.1. The first kappa shape index (κ1) is 19.9. The molecule has 0 radical (unpaired) electrons. The molecule has 0 atom stereocenters. The number of hydrogen-bond donors (Lipinski definition) is 1. The molecule has 0 aliphatic heterocycles. The molecule has 6 nitrogen and oxygen atoms in total. The van der Waals surface area contributed by atoms with Crippen molar-refractivity contribution in [3.63, 3.8) is 0 Å². The molecular formula is C22H28N4O2. The van der Waals surface area contributed by atoms with E-state index in [0.717, 1.165) is 34.7 Å². The van der Waals surface area contributed by atoms with Crippen molar-refractivity contribution in [2.75, 3.05) is 5.32 Å². The Hall–Kier alpha value is -2.89. The molecule has 0 saturated heterocycles. The van der Waals surface area contributed by atoms with Crippen molar-refractivity contribution in [2.45, 2.75) is 53.5 Å². The number of fused-ring (bicyclic) bond motifs is 1. The maximum absolute atomic E-state index is 11.0. The van der Waals surface area contributed by atoms with E-state index in [1.54, 1.807) is 12.1 Å². The zero-order valence-electron chi connectivity index (χ0n) is 17.4. The summed E-state index contributed by atoms with van der Waals surface area (Å²) in [6, 6.07) is 10.6. The van der Waals surface area contributed by atoms with Gasteiger partial charge in [0.1, 0.15) is 17.2 Å². The normalized spacial score (nSPS) is 12.4. The summed E-state index contributed by atoms with van der Waals surface area (Å²) in [7, 11) is 0. The molecule has 6 heteroatoms. The average molecular weight is 380 g/mol. The highest BCUT2D eigenvalue weighted by atomic mass is 16.6. The van der Waals surface area contributed by atoms with Crippen LogP contribution in [0.5, 0.6) is 0 Å². The molecule has 1 N–H and O–H groups in total. The van der Waals surface area contributed by atoms with Crippen LogP contribution in [0.25, 0.3) is 16.9 Å². The Kier molecular flexibility index (Phi) is 4.91. The molecule has 2 heterocycles. The first-order valence-corrected chi connectivity index (χ1v) is 9.47. The van der Waals surface area contributed by atoms with Gasteiger partial charge >= 0.3 is 0 Å². The van der Waals surface area contributed by atoms with Gasteiger partial charge in [-0.3, -0.25) is 14.5 Å². The number of nitro groups is 1. The Morgan fingerprint density at radius 2 is 1.71 bits per heavy atom. The highest BCUT2D eigenvalue weighted by molar-refractivity contribution is 5.77. The number of rotatable bonds is 5. The maximum atomic E-state index is 11.0. The molecule has 3 aromatic rings. The van der Waals surface area contributed by atoms with Crippen molar-refractivity contribution in [2.24, 2.45) is 5.41 Å². The summed E-state index contributed by atoms with van der Waals surface area (Å²) in [5.41, 5.74) is 3.70. The Labute approximate surface area is 165 Å². The zero-order valence-corrected chi connectivity index (χ0v) is 17.4. The molecule has 2 aromatic heterocycles. The second-order valence-electron chi connectivity index (χ2n) is 9.29. The molecule has 0 saturated carbocycles. The van der Waals surface area contributed by atoms with Crippen molar-refractivity contribution in [3.8, 4) is 11.3 Å². The van der Waals surface area contributed by atoms with Crippen molar-refractivity contribution >= 4 is 17.2 Å². The highest BCUT2D eigenvalue weighted by Gasteiger charge is 2.28. The lowest BCUT2D eigenvalue weighted by molar-refractivity contribution is -0.384. The van der Waals surface area contributed by atoms with Crippen molar-refractivity contribution in [3.05, 3.63) is 58.3 Å². The predicted octanol–water partition coefficient (Wildman–Crippen LogP) is 5.84. The van der Waals surface area contributed by atoms with Gasteiger partial charge < -0.3 is 5.32 Å². The van der Waals surface area contributed by atoms with Gasteiger partial charge in [0, 0.05) is 29.4 Å². The Balaban J connectivity index is 2.12. The Morgan fingerprint density at radius 3 is 2.29 bits per heavy atom. The standard InChI is InChI=1S/C22H28N4O2/c1-15-7-12-18-23-19(16-8-10-17(11-9-16)26(27)28)20(25(18)13-15)24-22(5,6)14-21(2,3)4/h7-13,24H,14H2,1-6H3. The fraction of sp³-hybridized carbons (Fsp3) is 0.409. The molecule has 0 spiro atoms. The molecule has 0 aliphatic rings. The van der Waals surface area contributed by atoms with Gasteiger partial charge in [-0.15, -0.1) is 0 Å². The first-order chi connectivity index (χ1) is 13.0. The summed E-state index contributed by atoms with van der Waals surface area (Å²) < 4.78 is 2.07. The van der Waals surface area contributed by atoms with E-state index in [1.165, 1.54) is 12.1 Å².